The summed E-state index contributed by atoms with van der Waals surface area (Å²) < 4.78 is 5.97. The number of carbonyl (C=O) groups excluding carboxylic acids is 2. The van der Waals surface area contributed by atoms with E-state index in [0.29, 0.717) is 33.5 Å². The Hall–Kier alpha value is -4.42. The summed E-state index contributed by atoms with van der Waals surface area (Å²) in [5.41, 5.74) is 6.91. The zero-order chi connectivity index (χ0) is 25.1. The van der Waals surface area contributed by atoms with Crippen LogP contribution < -0.4 is 15.5 Å². The Labute approximate surface area is 213 Å². The molecule has 2 N–H and O–H groups in total. The number of benzene rings is 4. The minimum Gasteiger partial charge on any atom is -0.457 e. The van der Waals surface area contributed by atoms with Crippen molar-refractivity contribution in [1.29, 1.82) is 0 Å². The van der Waals surface area contributed by atoms with E-state index in [1.165, 1.54) is 0 Å². The predicted molar refractivity (Wildman–Crippen MR) is 141 cm³/mol. The lowest BCUT2D eigenvalue weighted by Gasteiger charge is -2.26. The zero-order valence-corrected chi connectivity index (χ0v) is 20.1. The van der Waals surface area contributed by atoms with Gasteiger partial charge in [0.15, 0.2) is 0 Å². The number of hydrogen-bond donors (Lipinski definition) is 2. The van der Waals surface area contributed by atoms with E-state index in [1.807, 2.05) is 67.6 Å². The fourth-order valence-electron chi connectivity index (χ4n) is 4.06. The van der Waals surface area contributed by atoms with E-state index in [4.69, 9.17) is 16.3 Å². The summed E-state index contributed by atoms with van der Waals surface area (Å²) in [5.74, 6) is 0.313. The van der Waals surface area contributed by atoms with Crippen molar-refractivity contribution in [3.63, 3.8) is 0 Å². The lowest BCUT2D eigenvalue weighted by Crippen LogP contribution is -2.29. The van der Waals surface area contributed by atoms with Crippen LogP contribution in [0.25, 0.3) is 0 Å². The molecule has 4 aromatic carbocycles. The molecule has 0 aromatic heterocycles. The summed E-state index contributed by atoms with van der Waals surface area (Å²) in [6, 6.07) is 28.9. The van der Waals surface area contributed by atoms with Gasteiger partial charge < -0.3 is 10.1 Å². The predicted octanol–water partition coefficient (Wildman–Crippen LogP) is 6.37. The topological polar surface area (TPSA) is 79.8 Å². The van der Waals surface area contributed by atoms with Gasteiger partial charge in [0, 0.05) is 27.4 Å². The second kappa shape index (κ2) is 10.1. The molecule has 0 saturated carbocycles. The summed E-state index contributed by atoms with van der Waals surface area (Å²) in [6.45, 7) is 1.81. The van der Waals surface area contributed by atoms with E-state index >= 15 is 0 Å². The maximum atomic E-state index is 13.3. The lowest BCUT2D eigenvalue weighted by molar-refractivity contribution is -0.121. The van der Waals surface area contributed by atoms with Crippen LogP contribution in [0.5, 0.6) is 11.5 Å². The quantitative estimate of drug-likeness (QED) is 0.249. The number of ether oxygens (including phenoxy) is 1. The number of para-hydroxylation sites is 2. The molecule has 2 amide bonds. The first-order valence-electron chi connectivity index (χ1n) is 11.4. The van der Waals surface area contributed by atoms with Crippen LogP contribution in [0.3, 0.4) is 0 Å². The number of nitrogens with one attached hydrogen (secondary N) is 2. The van der Waals surface area contributed by atoms with Gasteiger partial charge in [0.2, 0.25) is 0 Å². The molecular weight excluding hydrogens is 474 g/mol. The molecule has 0 bridgehead atoms. The van der Waals surface area contributed by atoms with Crippen molar-refractivity contribution in [2.75, 3.05) is 5.32 Å². The summed E-state index contributed by atoms with van der Waals surface area (Å²) in [7, 11) is 0. The fraction of sp³-hybridized carbons (Fsp3) is 0.0690. The first kappa shape index (κ1) is 23.3. The molecular formula is C29H22ClN3O3. The maximum Gasteiger partial charge on any atom is 0.255 e. The third-order valence-electron chi connectivity index (χ3n) is 5.94. The first-order valence-corrected chi connectivity index (χ1v) is 11.7. The van der Waals surface area contributed by atoms with E-state index in [2.05, 4.69) is 15.8 Å². The van der Waals surface area contributed by atoms with Gasteiger partial charge in [-0.15, -0.1) is 0 Å². The summed E-state index contributed by atoms with van der Waals surface area (Å²) >= 11 is 5.88. The highest BCUT2D eigenvalue weighted by Gasteiger charge is 2.32. The Morgan fingerprint density at radius 2 is 1.33 bits per heavy atom. The average molecular weight is 496 g/mol. The van der Waals surface area contributed by atoms with Gasteiger partial charge in [-0.1, -0.05) is 60.1 Å². The van der Waals surface area contributed by atoms with E-state index in [9.17, 15) is 9.59 Å². The number of carbonyl (C=O) groups is 2. The Bertz CT molecular complexity index is 1420. The summed E-state index contributed by atoms with van der Waals surface area (Å²) in [6.07, 6.45) is 0. The van der Waals surface area contributed by atoms with Crippen LogP contribution in [0, 0.1) is 0 Å². The molecule has 0 radical (unpaired) electrons. The number of anilines is 1. The first-order chi connectivity index (χ1) is 17.5. The van der Waals surface area contributed by atoms with E-state index < -0.39 is 5.92 Å². The van der Waals surface area contributed by atoms with Gasteiger partial charge in [-0.2, -0.15) is 5.10 Å². The number of fused-ring (bicyclic) bond motifs is 2. The summed E-state index contributed by atoms with van der Waals surface area (Å²) in [4.78, 5) is 25.7. The molecule has 36 heavy (non-hydrogen) atoms. The number of amides is 2. The molecule has 1 aliphatic heterocycles. The minimum atomic E-state index is -0.534. The highest BCUT2D eigenvalue weighted by atomic mass is 35.5. The van der Waals surface area contributed by atoms with Gasteiger partial charge in [0.05, 0.1) is 11.6 Å². The largest absolute Gasteiger partial charge is 0.457 e. The molecule has 0 fully saturated rings. The maximum absolute atomic E-state index is 13.3. The van der Waals surface area contributed by atoms with Gasteiger partial charge in [0.1, 0.15) is 11.5 Å². The second-order valence-corrected chi connectivity index (χ2v) is 8.76. The van der Waals surface area contributed by atoms with Crippen LogP contribution in [0.4, 0.5) is 5.69 Å². The molecule has 0 unspecified atom stereocenters. The number of hydrogen-bond acceptors (Lipinski definition) is 4. The van der Waals surface area contributed by atoms with Crippen LogP contribution >= 0.6 is 11.6 Å². The molecule has 0 atom stereocenters. The highest BCUT2D eigenvalue weighted by Crippen LogP contribution is 2.43. The lowest BCUT2D eigenvalue weighted by atomic mass is 9.87. The number of hydrazone groups is 1. The normalized spacial score (nSPS) is 12.7. The molecule has 6 nitrogen and oxygen atoms in total. The smallest absolute Gasteiger partial charge is 0.255 e. The van der Waals surface area contributed by atoms with E-state index in [1.54, 1.807) is 36.4 Å². The van der Waals surface area contributed by atoms with E-state index in [-0.39, 0.29) is 11.8 Å². The Morgan fingerprint density at radius 3 is 1.94 bits per heavy atom. The number of halogens is 1. The number of rotatable bonds is 5. The monoisotopic (exact) mass is 495 g/mol. The van der Waals surface area contributed by atoms with Crippen LogP contribution in [0.15, 0.2) is 102 Å². The van der Waals surface area contributed by atoms with Crippen molar-refractivity contribution in [3.8, 4) is 11.5 Å². The molecule has 5 rings (SSSR count). The van der Waals surface area contributed by atoms with Crippen molar-refractivity contribution in [2.24, 2.45) is 5.10 Å². The molecule has 4 aromatic rings. The van der Waals surface area contributed by atoms with Gasteiger partial charge in [-0.25, -0.2) is 5.43 Å². The van der Waals surface area contributed by atoms with Crippen molar-refractivity contribution >= 4 is 34.8 Å². The summed E-state index contributed by atoms with van der Waals surface area (Å²) in [5, 5.41) is 7.76. The molecule has 0 saturated heterocycles. The molecule has 0 spiro atoms. The minimum absolute atomic E-state index is 0.228. The van der Waals surface area contributed by atoms with Crippen molar-refractivity contribution < 1.29 is 14.3 Å². The van der Waals surface area contributed by atoms with Gasteiger partial charge >= 0.3 is 0 Å². The van der Waals surface area contributed by atoms with Crippen LogP contribution in [-0.2, 0) is 4.79 Å². The molecule has 1 heterocycles. The molecule has 1 aliphatic rings. The third kappa shape index (κ3) is 4.85. The van der Waals surface area contributed by atoms with Crippen molar-refractivity contribution in [3.05, 3.63) is 124 Å². The SMILES string of the molecule is C/C(=N\NC(=O)C1c2ccccc2Oc2ccccc21)c1ccc(NC(=O)c2ccc(Cl)cc2)cc1. The molecule has 0 aliphatic carbocycles. The molecule has 178 valence electrons. The van der Waals surface area contributed by atoms with Crippen molar-refractivity contribution in [2.45, 2.75) is 12.8 Å². The Balaban J connectivity index is 1.29. The third-order valence-corrected chi connectivity index (χ3v) is 6.19. The Kier molecular flexibility index (Phi) is 6.52. The molecule has 7 heteroatoms. The second-order valence-electron chi connectivity index (χ2n) is 8.32. The standard InChI is InChI=1S/C29H22ClN3O3/c1-18(19-12-16-22(17-13-19)31-28(34)20-10-14-21(30)15-11-20)32-33-29(35)27-23-6-2-4-8-25(23)36-26-9-5-3-7-24(26)27/h2-17,27H,1H3,(H,31,34)(H,33,35)/b32-18+. The van der Waals surface area contributed by atoms with Gasteiger partial charge in [0.25, 0.3) is 11.8 Å². The Morgan fingerprint density at radius 1 is 0.778 bits per heavy atom. The fourth-order valence-corrected chi connectivity index (χ4v) is 4.19. The van der Waals surface area contributed by atoms with Gasteiger partial charge in [-0.05, 0) is 61.0 Å². The average Bonchev–Trinajstić information content (AvgIpc) is 2.91. The zero-order valence-electron chi connectivity index (χ0n) is 19.4. The van der Waals surface area contributed by atoms with Crippen LogP contribution in [0.1, 0.15) is 39.9 Å². The highest BCUT2D eigenvalue weighted by molar-refractivity contribution is 6.30. The van der Waals surface area contributed by atoms with Gasteiger partial charge in [-0.3, -0.25) is 9.59 Å². The van der Waals surface area contributed by atoms with Crippen molar-refractivity contribution in [1.82, 2.24) is 5.43 Å². The van der Waals surface area contributed by atoms with Crippen LogP contribution in [-0.4, -0.2) is 17.5 Å². The van der Waals surface area contributed by atoms with E-state index in [0.717, 1.165) is 16.7 Å². The number of nitrogens with zero attached hydrogens (tertiary/aromatic N) is 1. The van der Waals surface area contributed by atoms with Crippen LogP contribution in [0.2, 0.25) is 5.02 Å².